The lowest BCUT2D eigenvalue weighted by molar-refractivity contribution is -0.173. The number of nitrogens with zero attached hydrogens (tertiary/aromatic N) is 3. The minimum Gasteiger partial charge on any atom is -0.312 e. The molecule has 0 amide bonds. The van der Waals surface area contributed by atoms with E-state index in [9.17, 15) is 0 Å². The van der Waals surface area contributed by atoms with Gasteiger partial charge in [-0.1, -0.05) is 48.0 Å². The number of thioether (sulfide) groups is 1. The Hall–Kier alpha value is -2.08. The van der Waals surface area contributed by atoms with E-state index in [0.29, 0.717) is 0 Å². The summed E-state index contributed by atoms with van der Waals surface area (Å²) >= 11 is 1.85. The highest BCUT2D eigenvalue weighted by Crippen LogP contribution is 2.42. The van der Waals surface area contributed by atoms with Gasteiger partial charge in [0, 0.05) is 36.5 Å². The highest BCUT2D eigenvalue weighted by atomic mass is 32.2. The fourth-order valence-electron chi connectivity index (χ4n) is 3.61. The van der Waals surface area contributed by atoms with E-state index in [1.807, 2.05) is 48.7 Å². The van der Waals surface area contributed by atoms with Gasteiger partial charge in [0.25, 0.3) is 0 Å². The zero-order valence-electron chi connectivity index (χ0n) is 15.1. The van der Waals surface area contributed by atoms with Crippen LogP contribution in [-0.2, 0) is 10.5 Å². The van der Waals surface area contributed by atoms with Crippen LogP contribution in [0.2, 0.25) is 0 Å². The van der Waals surface area contributed by atoms with Gasteiger partial charge >= 0.3 is 0 Å². The van der Waals surface area contributed by atoms with Gasteiger partial charge in [0.15, 0.2) is 0 Å². The van der Waals surface area contributed by atoms with Gasteiger partial charge in [-0.3, -0.25) is 4.84 Å². The van der Waals surface area contributed by atoms with Crippen LogP contribution in [0.4, 0.5) is 0 Å². The van der Waals surface area contributed by atoms with Gasteiger partial charge in [0.1, 0.15) is 5.66 Å². The third-order valence-corrected chi connectivity index (χ3v) is 6.11. The van der Waals surface area contributed by atoms with Crippen LogP contribution in [0.5, 0.6) is 0 Å². The van der Waals surface area contributed by atoms with E-state index < -0.39 is 0 Å². The molecule has 0 N–H and O–H groups in total. The molecule has 0 unspecified atom stereocenters. The molecule has 134 valence electrons. The van der Waals surface area contributed by atoms with Crippen LogP contribution in [0.1, 0.15) is 17.5 Å². The number of hydrogen-bond donors (Lipinski definition) is 0. The Labute approximate surface area is 158 Å². The molecule has 0 saturated carbocycles. The summed E-state index contributed by atoms with van der Waals surface area (Å²) in [6.07, 6.45) is 6.73. The van der Waals surface area contributed by atoms with Crippen molar-refractivity contribution in [2.45, 2.75) is 30.0 Å². The summed E-state index contributed by atoms with van der Waals surface area (Å²) < 4.78 is 2.15. The first-order chi connectivity index (χ1) is 12.7. The Bertz CT molecular complexity index is 835. The molecule has 1 aliphatic heterocycles. The predicted octanol–water partition coefficient (Wildman–Crippen LogP) is 4.32. The van der Waals surface area contributed by atoms with E-state index in [4.69, 9.17) is 4.84 Å². The number of aryl methyl sites for hydroxylation is 1. The maximum atomic E-state index is 6.26. The molecular formula is C21H23N3OS. The molecule has 0 aliphatic carbocycles. The first-order valence-corrected chi connectivity index (χ1v) is 9.81. The lowest BCUT2D eigenvalue weighted by Gasteiger charge is -2.35. The van der Waals surface area contributed by atoms with Crippen molar-refractivity contribution in [1.82, 2.24) is 14.6 Å². The van der Waals surface area contributed by atoms with E-state index in [2.05, 4.69) is 65.0 Å². The van der Waals surface area contributed by atoms with E-state index in [1.165, 1.54) is 16.0 Å². The van der Waals surface area contributed by atoms with Gasteiger partial charge < -0.3 is 4.57 Å². The van der Waals surface area contributed by atoms with Crippen molar-refractivity contribution in [3.63, 3.8) is 0 Å². The van der Waals surface area contributed by atoms with Crippen LogP contribution in [0, 0.1) is 6.92 Å². The quantitative estimate of drug-likeness (QED) is 0.630. The van der Waals surface area contributed by atoms with Crippen LogP contribution in [0.25, 0.3) is 0 Å². The third kappa shape index (κ3) is 3.18. The van der Waals surface area contributed by atoms with Crippen molar-refractivity contribution in [2.75, 3.05) is 12.8 Å². The van der Waals surface area contributed by atoms with Gasteiger partial charge in [-0.15, -0.1) is 11.8 Å². The predicted molar refractivity (Wildman–Crippen MR) is 105 cm³/mol. The molecule has 0 radical (unpaired) electrons. The monoisotopic (exact) mass is 365 g/mol. The van der Waals surface area contributed by atoms with Gasteiger partial charge in [0.05, 0.1) is 12.4 Å². The van der Waals surface area contributed by atoms with Crippen molar-refractivity contribution < 1.29 is 4.84 Å². The maximum Gasteiger partial charge on any atom is 0.149 e. The van der Waals surface area contributed by atoms with Crippen molar-refractivity contribution in [2.24, 2.45) is 0 Å². The minimum atomic E-state index is -0.365. The van der Waals surface area contributed by atoms with E-state index >= 15 is 0 Å². The van der Waals surface area contributed by atoms with E-state index in [1.54, 1.807) is 0 Å². The van der Waals surface area contributed by atoms with Crippen LogP contribution < -0.4 is 0 Å². The summed E-state index contributed by atoms with van der Waals surface area (Å²) in [5.41, 5.74) is 2.13. The molecule has 2 heterocycles. The Balaban J connectivity index is 1.57. The summed E-state index contributed by atoms with van der Waals surface area (Å²) in [5.74, 6) is 0.913. The number of imidazole rings is 1. The summed E-state index contributed by atoms with van der Waals surface area (Å²) in [6, 6.07) is 19.2. The molecule has 1 aliphatic rings. The van der Waals surface area contributed by atoms with Crippen molar-refractivity contribution >= 4 is 11.8 Å². The molecule has 4 rings (SSSR count). The Morgan fingerprint density at radius 3 is 2.62 bits per heavy atom. The standard InChI is InChI=1S/C21H23N3OS/c1-17-8-10-20(11-9-17)26-15-19-14-21(23(2)25-19,24-13-12-22-16-24)18-6-4-3-5-7-18/h3-13,16,19H,14-15H2,1-2H3/t19-,21+/m0/s1. The van der Waals surface area contributed by atoms with Crippen LogP contribution in [0.3, 0.4) is 0 Å². The SMILES string of the molecule is Cc1ccc(SC[C@@H]2C[C@](c3ccccc3)(n3ccnc3)N(C)O2)cc1. The van der Waals surface area contributed by atoms with Crippen molar-refractivity contribution in [3.8, 4) is 0 Å². The number of hydroxylamine groups is 2. The Morgan fingerprint density at radius 2 is 1.92 bits per heavy atom. The number of aromatic nitrogens is 2. The second kappa shape index (κ2) is 7.27. The van der Waals surface area contributed by atoms with E-state index in [-0.39, 0.29) is 11.8 Å². The molecule has 0 bridgehead atoms. The maximum absolute atomic E-state index is 6.26. The molecule has 1 saturated heterocycles. The summed E-state index contributed by atoms with van der Waals surface area (Å²) in [7, 11) is 2.02. The van der Waals surface area contributed by atoms with Gasteiger partial charge in [-0.25, -0.2) is 4.98 Å². The largest absolute Gasteiger partial charge is 0.312 e. The van der Waals surface area contributed by atoms with Crippen LogP contribution >= 0.6 is 11.8 Å². The zero-order chi connectivity index (χ0) is 18.0. The molecule has 3 aromatic rings. The van der Waals surface area contributed by atoms with Gasteiger partial charge in [0.2, 0.25) is 0 Å². The Morgan fingerprint density at radius 1 is 1.15 bits per heavy atom. The Kier molecular flexibility index (Phi) is 4.85. The smallest absolute Gasteiger partial charge is 0.149 e. The van der Waals surface area contributed by atoms with Crippen molar-refractivity contribution in [1.29, 1.82) is 0 Å². The first kappa shape index (κ1) is 17.3. The summed E-state index contributed by atoms with van der Waals surface area (Å²) in [6.45, 7) is 2.11. The fourth-order valence-corrected chi connectivity index (χ4v) is 4.49. The second-order valence-electron chi connectivity index (χ2n) is 6.71. The van der Waals surface area contributed by atoms with Gasteiger partial charge in [-0.05, 0) is 24.6 Å². The molecule has 0 spiro atoms. The average Bonchev–Trinajstić information content (AvgIpc) is 3.31. The normalized spacial score (nSPS) is 23.4. The lowest BCUT2D eigenvalue weighted by Crippen LogP contribution is -2.44. The molecule has 2 aromatic carbocycles. The molecule has 26 heavy (non-hydrogen) atoms. The van der Waals surface area contributed by atoms with Crippen molar-refractivity contribution in [3.05, 3.63) is 84.4 Å². The highest BCUT2D eigenvalue weighted by molar-refractivity contribution is 7.99. The van der Waals surface area contributed by atoms with Crippen LogP contribution in [0.15, 0.2) is 78.2 Å². The topological polar surface area (TPSA) is 30.3 Å². The average molecular weight is 366 g/mol. The van der Waals surface area contributed by atoms with Crippen LogP contribution in [-0.4, -0.2) is 33.5 Å². The first-order valence-electron chi connectivity index (χ1n) is 8.82. The third-order valence-electron chi connectivity index (χ3n) is 4.96. The molecule has 1 aromatic heterocycles. The number of hydrogen-bond acceptors (Lipinski definition) is 4. The molecule has 1 fully saturated rings. The number of benzene rings is 2. The molecule has 4 nitrogen and oxygen atoms in total. The minimum absolute atomic E-state index is 0.133. The van der Waals surface area contributed by atoms with E-state index in [0.717, 1.165) is 12.2 Å². The summed E-state index contributed by atoms with van der Waals surface area (Å²) in [4.78, 5) is 11.8. The highest BCUT2D eigenvalue weighted by Gasteiger charge is 2.47. The lowest BCUT2D eigenvalue weighted by atomic mass is 9.94. The number of rotatable bonds is 5. The molecular weight excluding hydrogens is 342 g/mol. The zero-order valence-corrected chi connectivity index (χ0v) is 15.9. The molecule has 5 heteroatoms. The molecule has 2 atom stereocenters. The van der Waals surface area contributed by atoms with Gasteiger partial charge in [-0.2, -0.15) is 5.06 Å². The fraction of sp³-hybridized carbons (Fsp3) is 0.286. The summed E-state index contributed by atoms with van der Waals surface area (Å²) in [5, 5.41) is 1.99. The second-order valence-corrected chi connectivity index (χ2v) is 7.80.